The largest absolute Gasteiger partial charge is 0.391 e. The summed E-state index contributed by atoms with van der Waals surface area (Å²) in [7, 11) is 0. The van der Waals surface area contributed by atoms with Gasteiger partial charge in [-0.25, -0.2) is 0 Å². The molecule has 1 saturated carbocycles. The highest BCUT2D eigenvalue weighted by molar-refractivity contribution is 5.82. The number of carbonyl (C=O) groups is 2. The number of hydrogen-bond donors (Lipinski definition) is 2. The summed E-state index contributed by atoms with van der Waals surface area (Å²) < 4.78 is 0. The van der Waals surface area contributed by atoms with Crippen LogP contribution in [0.2, 0.25) is 0 Å². The fraction of sp³-hybridized carbons (Fsp3) is 0.833. The van der Waals surface area contributed by atoms with Crippen molar-refractivity contribution in [1.29, 1.82) is 0 Å². The Morgan fingerprint density at radius 1 is 1.47 bits per heavy atom. The Hall–Kier alpha value is -1.10. The molecule has 0 aromatic rings. The predicted octanol–water partition coefficient (Wildman–Crippen LogP) is -0.258. The maximum Gasteiger partial charge on any atom is 0.224 e. The molecule has 3 atom stereocenters. The molecule has 5 heteroatoms. The summed E-state index contributed by atoms with van der Waals surface area (Å²) >= 11 is 0. The Bertz CT molecular complexity index is 319. The summed E-state index contributed by atoms with van der Waals surface area (Å²) in [5.41, 5.74) is 0. The van der Waals surface area contributed by atoms with Crippen LogP contribution < -0.4 is 5.32 Å². The molecule has 0 radical (unpaired) electrons. The van der Waals surface area contributed by atoms with E-state index in [2.05, 4.69) is 12.2 Å². The third-order valence-corrected chi connectivity index (χ3v) is 3.60. The van der Waals surface area contributed by atoms with E-state index in [9.17, 15) is 14.7 Å². The fourth-order valence-electron chi connectivity index (χ4n) is 2.24. The SMILES string of the molecule is CC1CC1C(=O)NCCC(=O)N1CC[C@@H](O)C1. The van der Waals surface area contributed by atoms with Gasteiger partial charge in [0, 0.05) is 32.0 Å². The van der Waals surface area contributed by atoms with Crippen LogP contribution in [0.5, 0.6) is 0 Å². The second kappa shape index (κ2) is 5.04. The van der Waals surface area contributed by atoms with Gasteiger partial charge in [0.05, 0.1) is 6.10 Å². The molecule has 1 heterocycles. The molecular formula is C12H20N2O3. The van der Waals surface area contributed by atoms with Crippen molar-refractivity contribution < 1.29 is 14.7 Å². The number of aliphatic hydroxyl groups is 1. The van der Waals surface area contributed by atoms with Crippen molar-refractivity contribution in [3.63, 3.8) is 0 Å². The maximum atomic E-state index is 11.7. The zero-order valence-corrected chi connectivity index (χ0v) is 10.2. The average molecular weight is 240 g/mol. The smallest absolute Gasteiger partial charge is 0.224 e. The molecule has 5 nitrogen and oxygen atoms in total. The van der Waals surface area contributed by atoms with Gasteiger partial charge in [0.25, 0.3) is 0 Å². The molecule has 0 bridgehead atoms. The van der Waals surface area contributed by atoms with E-state index in [-0.39, 0.29) is 23.8 Å². The average Bonchev–Trinajstić information content (AvgIpc) is 2.85. The quantitative estimate of drug-likeness (QED) is 0.711. The van der Waals surface area contributed by atoms with E-state index in [1.165, 1.54) is 0 Å². The molecule has 2 N–H and O–H groups in total. The first-order valence-electron chi connectivity index (χ1n) is 6.31. The van der Waals surface area contributed by atoms with Crippen LogP contribution in [-0.4, -0.2) is 47.6 Å². The van der Waals surface area contributed by atoms with Crippen molar-refractivity contribution in [3.8, 4) is 0 Å². The van der Waals surface area contributed by atoms with Gasteiger partial charge < -0.3 is 15.3 Å². The van der Waals surface area contributed by atoms with Crippen molar-refractivity contribution in [1.82, 2.24) is 10.2 Å². The first kappa shape index (κ1) is 12.4. The summed E-state index contributed by atoms with van der Waals surface area (Å²) in [4.78, 5) is 24.8. The first-order chi connectivity index (χ1) is 8.08. The number of aliphatic hydroxyl groups excluding tert-OH is 1. The Morgan fingerprint density at radius 3 is 2.71 bits per heavy atom. The molecule has 2 amide bonds. The van der Waals surface area contributed by atoms with Gasteiger partial charge in [0.15, 0.2) is 0 Å². The van der Waals surface area contributed by atoms with E-state index in [0.29, 0.717) is 38.4 Å². The van der Waals surface area contributed by atoms with Crippen LogP contribution in [0.4, 0.5) is 0 Å². The molecule has 2 fully saturated rings. The summed E-state index contributed by atoms with van der Waals surface area (Å²) in [6.07, 6.45) is 1.59. The van der Waals surface area contributed by atoms with Gasteiger partial charge in [-0.3, -0.25) is 9.59 Å². The highest BCUT2D eigenvalue weighted by Gasteiger charge is 2.38. The Morgan fingerprint density at radius 2 is 2.18 bits per heavy atom. The first-order valence-corrected chi connectivity index (χ1v) is 6.31. The maximum absolute atomic E-state index is 11.7. The Balaban J connectivity index is 1.61. The van der Waals surface area contributed by atoms with Crippen molar-refractivity contribution >= 4 is 11.8 Å². The molecule has 0 aromatic carbocycles. The summed E-state index contributed by atoms with van der Waals surface area (Å²) in [6.45, 7) is 3.54. The van der Waals surface area contributed by atoms with E-state index in [1.807, 2.05) is 0 Å². The number of nitrogens with zero attached hydrogens (tertiary/aromatic N) is 1. The van der Waals surface area contributed by atoms with Crippen LogP contribution in [-0.2, 0) is 9.59 Å². The molecule has 1 saturated heterocycles. The lowest BCUT2D eigenvalue weighted by Gasteiger charge is -2.15. The van der Waals surface area contributed by atoms with Gasteiger partial charge in [-0.05, 0) is 18.8 Å². The molecule has 17 heavy (non-hydrogen) atoms. The monoisotopic (exact) mass is 240 g/mol. The number of hydrogen-bond acceptors (Lipinski definition) is 3. The number of amides is 2. The Kier molecular flexibility index (Phi) is 3.66. The van der Waals surface area contributed by atoms with Gasteiger partial charge in [0.1, 0.15) is 0 Å². The lowest BCUT2D eigenvalue weighted by atomic mass is 10.3. The molecule has 0 spiro atoms. The molecule has 1 aliphatic heterocycles. The van der Waals surface area contributed by atoms with Gasteiger partial charge in [-0.15, -0.1) is 0 Å². The molecule has 96 valence electrons. The number of β-amino-alcohol motifs (C(OH)–C–C–N with tert-alkyl or cyclic N) is 1. The molecular weight excluding hydrogens is 220 g/mol. The fourth-order valence-corrected chi connectivity index (χ4v) is 2.24. The van der Waals surface area contributed by atoms with Gasteiger partial charge in [-0.2, -0.15) is 0 Å². The molecule has 2 aliphatic rings. The lowest BCUT2D eigenvalue weighted by molar-refractivity contribution is -0.130. The summed E-state index contributed by atoms with van der Waals surface area (Å²) in [5.74, 6) is 0.760. The standard InChI is InChI=1S/C12H20N2O3/c1-8-6-10(8)12(17)13-4-2-11(16)14-5-3-9(15)7-14/h8-10,15H,2-7H2,1H3,(H,13,17)/t8?,9-,10?/m1/s1. The number of likely N-dealkylation sites (tertiary alicyclic amines) is 1. The van der Waals surface area contributed by atoms with Crippen LogP contribution in [0.25, 0.3) is 0 Å². The zero-order valence-electron chi connectivity index (χ0n) is 10.2. The minimum absolute atomic E-state index is 0.0192. The highest BCUT2D eigenvalue weighted by atomic mass is 16.3. The number of nitrogens with one attached hydrogen (secondary N) is 1. The second-order valence-electron chi connectivity index (χ2n) is 5.14. The van der Waals surface area contributed by atoms with E-state index < -0.39 is 0 Å². The predicted molar refractivity (Wildman–Crippen MR) is 62.1 cm³/mol. The second-order valence-corrected chi connectivity index (χ2v) is 5.14. The van der Waals surface area contributed by atoms with Crippen molar-refractivity contribution in [3.05, 3.63) is 0 Å². The van der Waals surface area contributed by atoms with E-state index in [0.717, 1.165) is 6.42 Å². The third kappa shape index (κ3) is 3.19. The van der Waals surface area contributed by atoms with Crippen LogP contribution in [0, 0.1) is 11.8 Å². The molecule has 1 aliphatic carbocycles. The number of rotatable bonds is 4. The highest BCUT2D eigenvalue weighted by Crippen LogP contribution is 2.37. The van der Waals surface area contributed by atoms with Crippen LogP contribution in [0.3, 0.4) is 0 Å². The zero-order chi connectivity index (χ0) is 12.4. The Labute approximate surface area is 101 Å². The van der Waals surface area contributed by atoms with E-state index >= 15 is 0 Å². The van der Waals surface area contributed by atoms with Crippen molar-refractivity contribution in [2.75, 3.05) is 19.6 Å². The van der Waals surface area contributed by atoms with Crippen LogP contribution in [0.15, 0.2) is 0 Å². The van der Waals surface area contributed by atoms with Gasteiger partial charge >= 0.3 is 0 Å². The normalized spacial score (nSPS) is 31.4. The van der Waals surface area contributed by atoms with E-state index in [4.69, 9.17) is 0 Å². The van der Waals surface area contributed by atoms with Crippen molar-refractivity contribution in [2.45, 2.75) is 32.3 Å². The summed E-state index contributed by atoms with van der Waals surface area (Å²) in [6, 6.07) is 0. The topological polar surface area (TPSA) is 69.6 Å². The van der Waals surface area contributed by atoms with Gasteiger partial charge in [0.2, 0.25) is 11.8 Å². The molecule has 0 aromatic heterocycles. The third-order valence-electron chi connectivity index (χ3n) is 3.60. The minimum Gasteiger partial charge on any atom is -0.391 e. The van der Waals surface area contributed by atoms with E-state index in [1.54, 1.807) is 4.90 Å². The lowest BCUT2D eigenvalue weighted by Crippen LogP contribution is -2.34. The van der Waals surface area contributed by atoms with Crippen molar-refractivity contribution in [2.24, 2.45) is 11.8 Å². The minimum atomic E-state index is -0.374. The van der Waals surface area contributed by atoms with Crippen LogP contribution in [0.1, 0.15) is 26.2 Å². The molecule has 2 unspecified atom stereocenters. The molecule has 2 rings (SSSR count). The van der Waals surface area contributed by atoms with Crippen LogP contribution >= 0.6 is 0 Å². The number of carbonyl (C=O) groups excluding carboxylic acids is 2. The van der Waals surface area contributed by atoms with Gasteiger partial charge in [-0.1, -0.05) is 6.92 Å². The summed E-state index contributed by atoms with van der Waals surface area (Å²) in [5, 5.41) is 12.1.